The highest BCUT2D eigenvalue weighted by atomic mass is 19.1. The summed E-state index contributed by atoms with van der Waals surface area (Å²) in [5.41, 5.74) is 1.91. The lowest BCUT2D eigenvalue weighted by Gasteiger charge is -2.09. The van der Waals surface area contributed by atoms with Crippen LogP contribution in [0.15, 0.2) is 91.1 Å². The van der Waals surface area contributed by atoms with Crippen molar-refractivity contribution in [2.45, 2.75) is 12.8 Å². The number of rotatable bonds is 10. The predicted octanol–water partition coefficient (Wildman–Crippen LogP) is 5.51. The molecule has 0 aliphatic carbocycles. The molecular weight excluding hydrogens is 463 g/mol. The normalized spacial score (nSPS) is 10.5. The van der Waals surface area contributed by atoms with E-state index in [0.29, 0.717) is 36.0 Å². The van der Waals surface area contributed by atoms with Crippen LogP contribution >= 0.6 is 0 Å². The summed E-state index contributed by atoms with van der Waals surface area (Å²) < 4.78 is 24.4. The molecule has 4 aromatic rings. The average Bonchev–Trinajstić information content (AvgIpc) is 2.87. The first-order valence-corrected chi connectivity index (χ1v) is 11.2. The van der Waals surface area contributed by atoms with Crippen molar-refractivity contribution in [3.63, 3.8) is 0 Å². The average molecular weight is 486 g/mol. The highest BCUT2D eigenvalue weighted by Crippen LogP contribution is 2.23. The number of carboxylic acid groups (broad SMARTS) is 1. The fourth-order valence-electron chi connectivity index (χ4n) is 3.40. The minimum absolute atomic E-state index is 0.0250. The number of anilines is 1. The van der Waals surface area contributed by atoms with Crippen LogP contribution in [-0.4, -0.2) is 28.6 Å². The molecule has 4 rings (SSSR count). The molecule has 1 aromatic heterocycles. The lowest BCUT2D eigenvalue weighted by molar-refractivity contribution is -0.115. The zero-order valence-corrected chi connectivity index (χ0v) is 19.2. The molecular formula is C28H23FN2O5. The SMILES string of the molecule is O=C(Cc1ccc(Oc2ccc(OCCc3ccc(F)cc3)cc2)nc1)Nc1ccccc1C(=O)O. The van der Waals surface area contributed by atoms with E-state index in [1.807, 2.05) is 0 Å². The quantitative estimate of drug-likeness (QED) is 0.307. The first-order valence-electron chi connectivity index (χ1n) is 11.2. The maximum atomic E-state index is 13.0. The first-order chi connectivity index (χ1) is 17.5. The van der Waals surface area contributed by atoms with Crippen LogP contribution in [0.2, 0.25) is 0 Å². The number of nitrogens with one attached hydrogen (secondary N) is 1. The first kappa shape index (κ1) is 24.4. The summed E-state index contributed by atoms with van der Waals surface area (Å²) in [6.07, 6.45) is 2.23. The van der Waals surface area contributed by atoms with Gasteiger partial charge in [-0.1, -0.05) is 30.3 Å². The molecule has 0 unspecified atom stereocenters. The summed E-state index contributed by atoms with van der Waals surface area (Å²) in [5.74, 6) is -0.107. The molecule has 7 nitrogen and oxygen atoms in total. The Kier molecular flexibility index (Phi) is 7.87. The van der Waals surface area contributed by atoms with Gasteiger partial charge in [-0.05, 0) is 59.7 Å². The molecule has 182 valence electrons. The summed E-state index contributed by atoms with van der Waals surface area (Å²) in [5, 5.41) is 11.9. The largest absolute Gasteiger partial charge is 0.493 e. The van der Waals surface area contributed by atoms with E-state index in [9.17, 15) is 19.1 Å². The van der Waals surface area contributed by atoms with Crippen LogP contribution in [0.25, 0.3) is 0 Å². The van der Waals surface area contributed by atoms with Crippen molar-refractivity contribution in [3.8, 4) is 17.4 Å². The second-order valence-corrected chi connectivity index (χ2v) is 7.88. The van der Waals surface area contributed by atoms with Crippen LogP contribution in [0.3, 0.4) is 0 Å². The Morgan fingerprint density at radius 2 is 1.56 bits per heavy atom. The van der Waals surface area contributed by atoms with Gasteiger partial charge in [0.25, 0.3) is 0 Å². The Balaban J connectivity index is 1.26. The van der Waals surface area contributed by atoms with Gasteiger partial charge in [-0.15, -0.1) is 0 Å². The van der Waals surface area contributed by atoms with Gasteiger partial charge in [0.2, 0.25) is 11.8 Å². The van der Waals surface area contributed by atoms with E-state index in [1.54, 1.807) is 66.7 Å². The molecule has 0 bridgehead atoms. The smallest absolute Gasteiger partial charge is 0.337 e. The second kappa shape index (κ2) is 11.6. The highest BCUT2D eigenvalue weighted by Gasteiger charge is 2.12. The van der Waals surface area contributed by atoms with Gasteiger partial charge in [0.15, 0.2) is 0 Å². The molecule has 1 heterocycles. The number of pyridine rings is 1. The molecule has 0 fully saturated rings. The number of amides is 1. The van der Waals surface area contributed by atoms with Crippen LogP contribution in [0.4, 0.5) is 10.1 Å². The fourth-order valence-corrected chi connectivity index (χ4v) is 3.40. The number of nitrogens with zero attached hydrogens (tertiary/aromatic N) is 1. The maximum absolute atomic E-state index is 13.0. The summed E-state index contributed by atoms with van der Waals surface area (Å²) in [6, 6.07) is 23.0. The summed E-state index contributed by atoms with van der Waals surface area (Å²) >= 11 is 0. The van der Waals surface area contributed by atoms with Crippen LogP contribution in [0.5, 0.6) is 17.4 Å². The number of carboxylic acids is 1. The second-order valence-electron chi connectivity index (χ2n) is 7.88. The standard InChI is InChI=1S/C28H23FN2O5/c29-21-8-5-19(6-9-21)15-16-35-22-10-12-23(13-11-22)36-27-14-7-20(18-30-27)17-26(32)31-25-4-2-1-3-24(25)28(33)34/h1-14,18H,15-17H2,(H,31,32)(H,33,34). The number of ether oxygens (including phenoxy) is 2. The third-order valence-electron chi connectivity index (χ3n) is 5.21. The monoisotopic (exact) mass is 486 g/mol. The van der Waals surface area contributed by atoms with E-state index in [-0.39, 0.29) is 29.4 Å². The third-order valence-corrected chi connectivity index (χ3v) is 5.21. The Morgan fingerprint density at radius 3 is 2.25 bits per heavy atom. The zero-order chi connectivity index (χ0) is 25.3. The number of carbonyl (C=O) groups excluding carboxylic acids is 1. The Hall–Kier alpha value is -4.72. The molecule has 3 aromatic carbocycles. The minimum atomic E-state index is -1.11. The molecule has 0 saturated carbocycles. The number of carbonyl (C=O) groups is 2. The summed E-state index contributed by atoms with van der Waals surface area (Å²) in [7, 11) is 0. The number of aromatic nitrogens is 1. The van der Waals surface area contributed by atoms with Crippen molar-refractivity contribution in [1.82, 2.24) is 4.98 Å². The van der Waals surface area contributed by atoms with E-state index in [0.717, 1.165) is 5.56 Å². The van der Waals surface area contributed by atoms with Gasteiger partial charge in [0.05, 0.1) is 24.3 Å². The van der Waals surface area contributed by atoms with Crippen molar-refractivity contribution in [3.05, 3.63) is 114 Å². The molecule has 0 atom stereocenters. The van der Waals surface area contributed by atoms with E-state index in [1.165, 1.54) is 24.4 Å². The van der Waals surface area contributed by atoms with Crippen molar-refractivity contribution in [2.24, 2.45) is 0 Å². The Labute approximate surface area is 207 Å². The lowest BCUT2D eigenvalue weighted by atomic mass is 10.1. The summed E-state index contributed by atoms with van der Waals surface area (Å²) in [4.78, 5) is 27.9. The van der Waals surface area contributed by atoms with Crippen LogP contribution < -0.4 is 14.8 Å². The Bertz CT molecular complexity index is 1320. The number of benzene rings is 3. The van der Waals surface area contributed by atoms with Gasteiger partial charge in [-0.3, -0.25) is 4.79 Å². The highest BCUT2D eigenvalue weighted by molar-refractivity contribution is 6.00. The van der Waals surface area contributed by atoms with Crippen molar-refractivity contribution < 1.29 is 28.6 Å². The molecule has 36 heavy (non-hydrogen) atoms. The number of aromatic carboxylic acids is 1. The number of para-hydroxylation sites is 1. The number of hydrogen-bond acceptors (Lipinski definition) is 5. The van der Waals surface area contributed by atoms with E-state index < -0.39 is 5.97 Å². The lowest BCUT2D eigenvalue weighted by Crippen LogP contribution is -2.16. The number of halogens is 1. The van der Waals surface area contributed by atoms with Crippen LogP contribution in [-0.2, 0) is 17.6 Å². The van der Waals surface area contributed by atoms with Crippen molar-refractivity contribution >= 4 is 17.6 Å². The Morgan fingerprint density at radius 1 is 0.861 bits per heavy atom. The molecule has 0 radical (unpaired) electrons. The molecule has 8 heteroatoms. The van der Waals surface area contributed by atoms with Gasteiger partial charge in [0, 0.05) is 18.7 Å². The van der Waals surface area contributed by atoms with Gasteiger partial charge < -0.3 is 19.9 Å². The zero-order valence-electron chi connectivity index (χ0n) is 19.2. The van der Waals surface area contributed by atoms with Crippen molar-refractivity contribution in [2.75, 3.05) is 11.9 Å². The van der Waals surface area contributed by atoms with Crippen LogP contribution in [0.1, 0.15) is 21.5 Å². The third kappa shape index (κ3) is 6.89. The molecule has 0 saturated heterocycles. The van der Waals surface area contributed by atoms with E-state index in [4.69, 9.17) is 9.47 Å². The minimum Gasteiger partial charge on any atom is -0.493 e. The topological polar surface area (TPSA) is 97.8 Å². The van der Waals surface area contributed by atoms with E-state index >= 15 is 0 Å². The fraction of sp³-hybridized carbons (Fsp3) is 0.107. The molecule has 0 spiro atoms. The molecule has 1 amide bonds. The van der Waals surface area contributed by atoms with Crippen LogP contribution in [0, 0.1) is 5.82 Å². The molecule has 0 aliphatic rings. The molecule has 2 N–H and O–H groups in total. The van der Waals surface area contributed by atoms with Gasteiger partial charge in [-0.25, -0.2) is 14.2 Å². The number of hydrogen-bond donors (Lipinski definition) is 2. The van der Waals surface area contributed by atoms with Crippen molar-refractivity contribution in [1.29, 1.82) is 0 Å². The van der Waals surface area contributed by atoms with Gasteiger partial charge in [-0.2, -0.15) is 0 Å². The van der Waals surface area contributed by atoms with Gasteiger partial charge >= 0.3 is 5.97 Å². The maximum Gasteiger partial charge on any atom is 0.337 e. The van der Waals surface area contributed by atoms with Gasteiger partial charge in [0.1, 0.15) is 17.3 Å². The summed E-state index contributed by atoms with van der Waals surface area (Å²) in [6.45, 7) is 0.463. The molecule has 0 aliphatic heterocycles. The van der Waals surface area contributed by atoms with E-state index in [2.05, 4.69) is 10.3 Å². The predicted molar refractivity (Wildman–Crippen MR) is 132 cm³/mol.